The first-order chi connectivity index (χ1) is 17.5. The van der Waals surface area contributed by atoms with Crippen molar-refractivity contribution in [2.75, 3.05) is 7.11 Å². The second-order valence-electron chi connectivity index (χ2n) is 8.45. The highest BCUT2D eigenvalue weighted by molar-refractivity contribution is 6.03. The van der Waals surface area contributed by atoms with E-state index in [0.29, 0.717) is 23.6 Å². The van der Waals surface area contributed by atoms with Gasteiger partial charge in [-0.25, -0.2) is 4.68 Å². The van der Waals surface area contributed by atoms with Crippen molar-refractivity contribution in [3.63, 3.8) is 0 Å². The first-order valence-electron chi connectivity index (χ1n) is 11.6. The van der Waals surface area contributed by atoms with E-state index in [1.165, 1.54) is 4.68 Å². The largest absolute Gasteiger partial charge is 0.497 e. The Kier molecular flexibility index (Phi) is 7.75. The fourth-order valence-electron chi connectivity index (χ4n) is 3.96. The Hall–Kier alpha value is -4.46. The van der Waals surface area contributed by atoms with Crippen LogP contribution in [0.5, 0.6) is 5.75 Å². The van der Waals surface area contributed by atoms with Gasteiger partial charge in [0.1, 0.15) is 5.75 Å². The Labute approximate surface area is 208 Å². The molecule has 2 N–H and O–H groups in total. The van der Waals surface area contributed by atoms with Crippen LogP contribution in [-0.4, -0.2) is 38.7 Å². The van der Waals surface area contributed by atoms with Crippen molar-refractivity contribution in [2.45, 2.75) is 32.4 Å². The molecular weight excluding hydrogens is 456 g/mol. The van der Waals surface area contributed by atoms with Crippen LogP contribution in [0.3, 0.4) is 0 Å². The predicted molar refractivity (Wildman–Crippen MR) is 138 cm³/mol. The quantitative estimate of drug-likeness (QED) is 0.330. The summed E-state index contributed by atoms with van der Waals surface area (Å²) in [5.41, 5.74) is 3.33. The smallest absolute Gasteiger partial charge is 0.312 e. The number of nitrogens with zero attached hydrogens (tertiary/aromatic N) is 3. The van der Waals surface area contributed by atoms with E-state index >= 15 is 0 Å². The Morgan fingerprint density at radius 2 is 1.83 bits per heavy atom. The van der Waals surface area contributed by atoms with Gasteiger partial charge in [-0.15, -0.1) is 0 Å². The number of carbonyl (C=O) groups is 1. The zero-order valence-electron chi connectivity index (χ0n) is 20.2. The molecule has 0 bridgehead atoms. The predicted octanol–water partition coefficient (Wildman–Crippen LogP) is 4.05. The molecule has 1 unspecified atom stereocenters. The van der Waals surface area contributed by atoms with Crippen molar-refractivity contribution in [3.05, 3.63) is 117 Å². The third kappa shape index (κ3) is 5.78. The van der Waals surface area contributed by atoms with E-state index in [0.717, 1.165) is 16.8 Å². The molecule has 0 radical (unpaired) electrons. The van der Waals surface area contributed by atoms with E-state index in [1.54, 1.807) is 20.2 Å². The maximum atomic E-state index is 13.7. The monoisotopic (exact) mass is 484 g/mol. The number of aromatic amines is 1. The maximum Gasteiger partial charge on any atom is 0.312 e. The third-order valence-corrected chi connectivity index (χ3v) is 5.92. The van der Waals surface area contributed by atoms with Crippen LogP contribution in [0.4, 0.5) is 0 Å². The van der Waals surface area contributed by atoms with Crippen LogP contribution in [0.1, 0.15) is 40.9 Å². The highest BCUT2D eigenvalue weighted by atomic mass is 16.5. The standard InChI is InChI=1S/C28H28N4O4/c1-19(28(34)35)26-25(27(33)32(31-26)18-20-9-4-3-5-10-20)24(30-17-22-12-6-7-14-29-22)16-21-11-8-13-23(15-21)36-2/h3-15,19,31H,16-18H2,1-2H3,(H,34,35). The molecule has 36 heavy (non-hydrogen) atoms. The Morgan fingerprint density at radius 3 is 2.53 bits per heavy atom. The Morgan fingerprint density at radius 1 is 1.08 bits per heavy atom. The molecule has 0 saturated carbocycles. The number of rotatable bonds is 10. The van der Waals surface area contributed by atoms with E-state index in [-0.39, 0.29) is 24.2 Å². The average Bonchev–Trinajstić information content (AvgIpc) is 3.22. The molecule has 0 aliphatic carbocycles. The number of aliphatic carboxylic acids is 1. The second-order valence-corrected chi connectivity index (χ2v) is 8.45. The van der Waals surface area contributed by atoms with Gasteiger partial charge in [-0.1, -0.05) is 48.5 Å². The van der Waals surface area contributed by atoms with Crippen LogP contribution < -0.4 is 10.3 Å². The van der Waals surface area contributed by atoms with Crippen LogP contribution in [0.25, 0.3) is 0 Å². The second kappa shape index (κ2) is 11.3. The summed E-state index contributed by atoms with van der Waals surface area (Å²) in [4.78, 5) is 34.8. The molecule has 1 atom stereocenters. The molecule has 0 spiro atoms. The van der Waals surface area contributed by atoms with Gasteiger partial charge in [0.05, 0.1) is 48.8 Å². The van der Waals surface area contributed by atoms with Crippen molar-refractivity contribution >= 4 is 11.7 Å². The highest BCUT2D eigenvalue weighted by Gasteiger charge is 2.27. The molecule has 4 aromatic rings. The Balaban J connectivity index is 1.83. The number of H-pyrrole nitrogens is 1. The van der Waals surface area contributed by atoms with Gasteiger partial charge in [0, 0.05) is 12.6 Å². The van der Waals surface area contributed by atoms with Gasteiger partial charge in [0.2, 0.25) is 0 Å². The van der Waals surface area contributed by atoms with Crippen molar-refractivity contribution in [2.24, 2.45) is 4.99 Å². The summed E-state index contributed by atoms with van der Waals surface area (Å²) in [6.07, 6.45) is 2.01. The van der Waals surface area contributed by atoms with Gasteiger partial charge in [0.15, 0.2) is 0 Å². The summed E-state index contributed by atoms with van der Waals surface area (Å²) in [6.45, 7) is 2.10. The van der Waals surface area contributed by atoms with E-state index in [4.69, 9.17) is 9.73 Å². The summed E-state index contributed by atoms with van der Waals surface area (Å²) in [5, 5.41) is 12.9. The highest BCUT2D eigenvalue weighted by Crippen LogP contribution is 2.21. The fourth-order valence-corrected chi connectivity index (χ4v) is 3.96. The number of hydrogen-bond acceptors (Lipinski definition) is 5. The number of carboxylic acid groups (broad SMARTS) is 1. The lowest BCUT2D eigenvalue weighted by molar-refractivity contribution is -0.138. The normalized spacial score (nSPS) is 12.3. The molecule has 2 aromatic heterocycles. The number of methoxy groups -OCH3 is 1. The molecule has 2 aromatic carbocycles. The number of aromatic nitrogens is 3. The number of pyridine rings is 1. The van der Waals surface area contributed by atoms with Gasteiger partial charge in [-0.2, -0.15) is 0 Å². The number of ether oxygens (including phenoxy) is 1. The molecule has 0 amide bonds. The average molecular weight is 485 g/mol. The van der Waals surface area contributed by atoms with E-state index in [2.05, 4.69) is 10.1 Å². The van der Waals surface area contributed by atoms with E-state index in [1.807, 2.05) is 72.8 Å². The maximum absolute atomic E-state index is 13.7. The van der Waals surface area contributed by atoms with Gasteiger partial charge in [-0.3, -0.25) is 24.7 Å². The molecule has 4 rings (SSSR count). The van der Waals surface area contributed by atoms with Gasteiger partial charge >= 0.3 is 5.97 Å². The fraction of sp³-hybridized carbons (Fsp3) is 0.214. The SMILES string of the molecule is COc1cccc(CC(=NCc2ccccn2)c2c(C(C)C(=O)O)[nH]n(Cc3ccccc3)c2=O)c1. The van der Waals surface area contributed by atoms with E-state index < -0.39 is 11.9 Å². The van der Waals surface area contributed by atoms with E-state index in [9.17, 15) is 14.7 Å². The lowest BCUT2D eigenvalue weighted by atomic mass is 9.96. The van der Waals surface area contributed by atoms with Crippen molar-refractivity contribution in [3.8, 4) is 5.75 Å². The molecule has 0 saturated heterocycles. The molecule has 0 aliphatic heterocycles. The van der Waals surface area contributed by atoms with Crippen LogP contribution in [-0.2, 0) is 24.3 Å². The molecule has 184 valence electrons. The van der Waals surface area contributed by atoms with Crippen molar-refractivity contribution in [1.29, 1.82) is 0 Å². The lowest BCUT2D eigenvalue weighted by Gasteiger charge is -2.11. The third-order valence-electron chi connectivity index (χ3n) is 5.92. The first kappa shape index (κ1) is 24.7. The molecule has 0 aliphatic rings. The van der Waals surface area contributed by atoms with Gasteiger partial charge in [-0.05, 0) is 42.3 Å². The summed E-state index contributed by atoms with van der Waals surface area (Å²) >= 11 is 0. The first-order valence-corrected chi connectivity index (χ1v) is 11.6. The lowest BCUT2D eigenvalue weighted by Crippen LogP contribution is -2.24. The summed E-state index contributed by atoms with van der Waals surface area (Å²) in [5.74, 6) is -1.28. The Bertz CT molecular complexity index is 1410. The van der Waals surface area contributed by atoms with Gasteiger partial charge in [0.25, 0.3) is 5.56 Å². The number of hydrogen-bond donors (Lipinski definition) is 2. The minimum atomic E-state index is -1.03. The van der Waals surface area contributed by atoms with Crippen LogP contribution in [0.15, 0.2) is 88.8 Å². The zero-order valence-corrected chi connectivity index (χ0v) is 20.2. The minimum absolute atomic E-state index is 0.254. The number of nitrogens with one attached hydrogen (secondary N) is 1. The van der Waals surface area contributed by atoms with Crippen LogP contribution in [0.2, 0.25) is 0 Å². The molecule has 0 fully saturated rings. The summed E-state index contributed by atoms with van der Waals surface area (Å²) in [7, 11) is 1.59. The number of benzene rings is 2. The van der Waals surface area contributed by atoms with Crippen molar-refractivity contribution < 1.29 is 14.6 Å². The summed E-state index contributed by atoms with van der Waals surface area (Å²) in [6, 6.07) is 22.6. The topological polar surface area (TPSA) is 110 Å². The zero-order chi connectivity index (χ0) is 25.5. The molecule has 2 heterocycles. The minimum Gasteiger partial charge on any atom is -0.497 e. The number of carboxylic acids is 1. The van der Waals surface area contributed by atoms with Gasteiger partial charge < -0.3 is 9.84 Å². The van der Waals surface area contributed by atoms with Crippen molar-refractivity contribution in [1.82, 2.24) is 14.8 Å². The summed E-state index contributed by atoms with van der Waals surface area (Å²) < 4.78 is 6.81. The van der Waals surface area contributed by atoms with Crippen LogP contribution in [0, 0.1) is 0 Å². The molecule has 8 nitrogen and oxygen atoms in total. The molecular formula is C28H28N4O4. The number of aliphatic imine (C=N–C) groups is 1. The molecule has 8 heteroatoms. The van der Waals surface area contributed by atoms with Crippen LogP contribution >= 0.6 is 0 Å².